The Bertz CT molecular complexity index is 3430. The first-order chi connectivity index (χ1) is 26.8. The van der Waals surface area contributed by atoms with Crippen LogP contribution in [0.5, 0.6) is 0 Å². The predicted octanol–water partition coefficient (Wildman–Crippen LogP) is 13.9. The minimum absolute atomic E-state index is 0.838. The van der Waals surface area contributed by atoms with Gasteiger partial charge in [0, 0.05) is 54.8 Å². The van der Waals surface area contributed by atoms with Gasteiger partial charge in [-0.2, -0.15) is 0 Å². The van der Waals surface area contributed by atoms with E-state index in [0.29, 0.717) is 0 Å². The maximum absolute atomic E-state index is 6.90. The van der Waals surface area contributed by atoms with Crippen molar-refractivity contribution in [1.29, 1.82) is 0 Å². The number of benzene rings is 8. The Labute approximate surface area is 309 Å². The lowest BCUT2D eigenvalue weighted by Crippen LogP contribution is -1.95. The van der Waals surface area contributed by atoms with E-state index in [1.807, 2.05) is 12.1 Å². The summed E-state index contributed by atoms with van der Waals surface area (Å²) in [6.07, 6.45) is 0. The SMILES string of the molecule is c1ccc(-n2c3ccccc3c3cc(-c4ccc(-c5cccc6c7c8ccccc8oc7n(-c7ccccc7)c56)c5oc6ccccc6c45)ccc32)cc1. The second-order valence-electron chi connectivity index (χ2n) is 14.0. The van der Waals surface area contributed by atoms with Crippen molar-refractivity contribution >= 4 is 76.7 Å². The quantitative estimate of drug-likeness (QED) is 0.184. The van der Waals surface area contributed by atoms with E-state index in [9.17, 15) is 0 Å². The summed E-state index contributed by atoms with van der Waals surface area (Å²) in [6.45, 7) is 0. The number of para-hydroxylation sites is 6. The van der Waals surface area contributed by atoms with Gasteiger partial charge in [0.2, 0.25) is 5.71 Å². The lowest BCUT2D eigenvalue weighted by atomic mass is 9.93. The summed E-state index contributed by atoms with van der Waals surface area (Å²) in [6, 6.07) is 64.6. The molecule has 252 valence electrons. The first-order valence-electron chi connectivity index (χ1n) is 18.4. The van der Waals surface area contributed by atoms with Crippen LogP contribution in [0.3, 0.4) is 0 Å². The number of fused-ring (bicyclic) bond motifs is 11. The third-order valence-corrected chi connectivity index (χ3v) is 11.1. The monoisotopic (exact) mass is 690 g/mol. The second kappa shape index (κ2) is 11.1. The molecule has 0 saturated heterocycles. The van der Waals surface area contributed by atoms with Crippen molar-refractivity contribution < 1.29 is 8.83 Å². The molecule has 0 aliphatic rings. The minimum atomic E-state index is 0.838. The maximum atomic E-state index is 6.90. The van der Waals surface area contributed by atoms with E-state index in [-0.39, 0.29) is 0 Å². The smallest absolute Gasteiger partial charge is 0.213 e. The molecule has 4 heteroatoms. The van der Waals surface area contributed by atoms with Crippen LogP contribution in [0.25, 0.3) is 110 Å². The summed E-state index contributed by atoms with van der Waals surface area (Å²) < 4.78 is 18.2. The van der Waals surface area contributed by atoms with Gasteiger partial charge in [0.15, 0.2) is 0 Å². The van der Waals surface area contributed by atoms with Crippen LogP contribution in [0, 0.1) is 0 Å². The van der Waals surface area contributed by atoms with Gasteiger partial charge in [0.05, 0.1) is 21.9 Å². The molecule has 0 amide bonds. The third kappa shape index (κ3) is 4.02. The summed E-state index contributed by atoms with van der Waals surface area (Å²) in [4.78, 5) is 0. The Morgan fingerprint density at radius 1 is 0.352 bits per heavy atom. The highest BCUT2D eigenvalue weighted by molar-refractivity contribution is 6.24. The highest BCUT2D eigenvalue weighted by atomic mass is 16.3. The van der Waals surface area contributed by atoms with Gasteiger partial charge >= 0.3 is 0 Å². The zero-order valence-corrected chi connectivity index (χ0v) is 29.0. The normalized spacial score (nSPS) is 12.1. The van der Waals surface area contributed by atoms with Gasteiger partial charge in [0.1, 0.15) is 16.7 Å². The molecular formula is C50H30N2O2. The number of nitrogens with zero attached hydrogens (tertiary/aromatic N) is 2. The molecule has 8 aromatic carbocycles. The predicted molar refractivity (Wildman–Crippen MR) is 223 cm³/mol. The highest BCUT2D eigenvalue weighted by Gasteiger charge is 2.25. The van der Waals surface area contributed by atoms with Crippen LogP contribution >= 0.6 is 0 Å². The van der Waals surface area contributed by atoms with Gasteiger partial charge < -0.3 is 13.4 Å². The Morgan fingerprint density at radius 3 is 1.72 bits per heavy atom. The molecule has 0 aliphatic carbocycles. The van der Waals surface area contributed by atoms with E-state index in [1.54, 1.807) is 0 Å². The molecule has 0 fully saturated rings. The van der Waals surface area contributed by atoms with Crippen LogP contribution in [0.4, 0.5) is 0 Å². The molecular weight excluding hydrogens is 661 g/mol. The maximum Gasteiger partial charge on any atom is 0.213 e. The van der Waals surface area contributed by atoms with Crippen molar-refractivity contribution in [3.63, 3.8) is 0 Å². The Morgan fingerprint density at radius 2 is 0.944 bits per heavy atom. The van der Waals surface area contributed by atoms with Crippen LogP contribution in [0.2, 0.25) is 0 Å². The van der Waals surface area contributed by atoms with Crippen LogP contribution in [0.1, 0.15) is 0 Å². The molecule has 12 aromatic rings. The van der Waals surface area contributed by atoms with Crippen LogP contribution < -0.4 is 0 Å². The first-order valence-corrected chi connectivity index (χ1v) is 18.4. The fourth-order valence-corrected chi connectivity index (χ4v) is 8.86. The third-order valence-electron chi connectivity index (χ3n) is 11.1. The van der Waals surface area contributed by atoms with E-state index >= 15 is 0 Å². The molecule has 0 spiro atoms. The zero-order valence-electron chi connectivity index (χ0n) is 29.0. The average Bonchev–Trinajstić information content (AvgIpc) is 3.98. The lowest BCUT2D eigenvalue weighted by molar-refractivity contribution is 0.645. The van der Waals surface area contributed by atoms with Crippen molar-refractivity contribution in [2.24, 2.45) is 0 Å². The lowest BCUT2D eigenvalue weighted by Gasteiger charge is -2.13. The Balaban J connectivity index is 1.15. The second-order valence-corrected chi connectivity index (χ2v) is 14.0. The molecule has 0 unspecified atom stereocenters. The topological polar surface area (TPSA) is 36.1 Å². The van der Waals surface area contributed by atoms with E-state index in [2.05, 4.69) is 179 Å². The summed E-state index contributed by atoms with van der Waals surface area (Å²) in [5.41, 5.74) is 13.5. The van der Waals surface area contributed by atoms with Crippen molar-refractivity contribution in [3.05, 3.63) is 182 Å². The van der Waals surface area contributed by atoms with Gasteiger partial charge in [0.25, 0.3) is 0 Å². The summed E-state index contributed by atoms with van der Waals surface area (Å²) in [5.74, 6) is 0. The highest BCUT2D eigenvalue weighted by Crippen LogP contribution is 2.47. The van der Waals surface area contributed by atoms with Gasteiger partial charge in [-0.25, -0.2) is 0 Å². The molecule has 0 bridgehead atoms. The van der Waals surface area contributed by atoms with Crippen LogP contribution in [0.15, 0.2) is 191 Å². The van der Waals surface area contributed by atoms with E-state index < -0.39 is 0 Å². The molecule has 54 heavy (non-hydrogen) atoms. The zero-order chi connectivity index (χ0) is 35.3. The van der Waals surface area contributed by atoms with Crippen molar-refractivity contribution in [3.8, 4) is 33.6 Å². The van der Waals surface area contributed by atoms with Crippen molar-refractivity contribution in [2.45, 2.75) is 0 Å². The molecule has 0 saturated carbocycles. The van der Waals surface area contributed by atoms with Gasteiger partial charge in [-0.1, -0.05) is 121 Å². The fraction of sp³-hybridized carbons (Fsp3) is 0. The number of hydrogen-bond acceptors (Lipinski definition) is 2. The molecule has 4 aromatic heterocycles. The van der Waals surface area contributed by atoms with Gasteiger partial charge in [-0.3, -0.25) is 4.57 Å². The largest absolute Gasteiger partial charge is 0.455 e. The Kier molecular flexibility index (Phi) is 6.02. The number of hydrogen-bond donors (Lipinski definition) is 0. The molecule has 0 aliphatic heterocycles. The first kappa shape index (κ1) is 29.3. The summed E-state index contributed by atoms with van der Waals surface area (Å²) >= 11 is 0. The van der Waals surface area contributed by atoms with Crippen LogP contribution in [-0.4, -0.2) is 9.13 Å². The fourth-order valence-electron chi connectivity index (χ4n) is 8.86. The molecule has 0 N–H and O–H groups in total. The molecule has 12 rings (SSSR count). The minimum Gasteiger partial charge on any atom is -0.455 e. The van der Waals surface area contributed by atoms with E-state index in [0.717, 1.165) is 88.5 Å². The van der Waals surface area contributed by atoms with Gasteiger partial charge in [-0.05, 0) is 71.8 Å². The van der Waals surface area contributed by atoms with E-state index in [4.69, 9.17) is 8.83 Å². The molecule has 4 heterocycles. The summed E-state index contributed by atoms with van der Waals surface area (Å²) in [7, 11) is 0. The summed E-state index contributed by atoms with van der Waals surface area (Å²) in [5, 5.41) is 8.03. The number of aromatic nitrogens is 2. The number of furan rings is 2. The van der Waals surface area contributed by atoms with Gasteiger partial charge in [-0.15, -0.1) is 0 Å². The number of rotatable bonds is 4. The van der Waals surface area contributed by atoms with Crippen molar-refractivity contribution in [1.82, 2.24) is 9.13 Å². The van der Waals surface area contributed by atoms with Crippen molar-refractivity contribution in [2.75, 3.05) is 0 Å². The van der Waals surface area contributed by atoms with E-state index in [1.165, 1.54) is 21.8 Å². The van der Waals surface area contributed by atoms with Crippen LogP contribution in [-0.2, 0) is 0 Å². The molecule has 0 radical (unpaired) electrons. The molecule has 0 atom stereocenters. The average molecular weight is 691 g/mol. The standard InChI is InChI=1S/C50H30N2O2/c1-3-14-32(15-4-1)51-42-23-10-7-18-35(42)41-30-31(26-29-43(41)51)34-27-28-37(49-46(34)38-19-8-11-24-44(38)53-49)36-21-13-22-40-47-39-20-9-12-25-45(39)54-50(47)52(48(36)40)33-16-5-2-6-17-33/h1-30H. The Hall–Kier alpha value is -7.30. The molecule has 4 nitrogen and oxygen atoms in total.